The zero-order valence-corrected chi connectivity index (χ0v) is 13.9. The van der Waals surface area contributed by atoms with Crippen molar-refractivity contribution < 1.29 is 42.9 Å². The predicted octanol–water partition coefficient (Wildman–Crippen LogP) is -0.223. The van der Waals surface area contributed by atoms with E-state index in [1.165, 1.54) is 0 Å². The molecule has 0 aliphatic carbocycles. The first kappa shape index (κ1) is 20.5. The molecule has 103 valence electrons. The van der Waals surface area contributed by atoms with Crippen LogP contribution in [0.15, 0.2) is 11.8 Å². The van der Waals surface area contributed by atoms with Gasteiger partial charge in [-0.1, -0.05) is 5.57 Å². The second-order valence-electron chi connectivity index (χ2n) is 3.90. The van der Waals surface area contributed by atoms with Crippen molar-refractivity contribution in [1.82, 2.24) is 9.80 Å². The third kappa shape index (κ3) is 6.92. The molecule has 1 fully saturated rings. The summed E-state index contributed by atoms with van der Waals surface area (Å²) in [6.07, 6.45) is 2.13. The maximum absolute atomic E-state index is 9.15. The van der Waals surface area contributed by atoms with Gasteiger partial charge in [0.1, 0.15) is 0 Å². The summed E-state index contributed by atoms with van der Waals surface area (Å²) in [5.74, 6) is 0. The zero-order chi connectivity index (χ0) is 13.3. The van der Waals surface area contributed by atoms with Gasteiger partial charge in [-0.25, -0.2) is 0 Å². The Hall–Kier alpha value is 0.154. The van der Waals surface area contributed by atoms with Crippen molar-refractivity contribution in [3.63, 3.8) is 0 Å². The molecule has 3 N–H and O–H groups in total. The van der Waals surface area contributed by atoms with E-state index in [0.29, 0.717) is 12.1 Å². The van der Waals surface area contributed by atoms with Crippen molar-refractivity contribution in [1.29, 1.82) is 0 Å². The van der Waals surface area contributed by atoms with E-state index in [1.807, 2.05) is 7.05 Å². The summed E-state index contributed by atoms with van der Waals surface area (Å²) in [5.41, 5.74) is 7.67. The summed E-state index contributed by atoms with van der Waals surface area (Å²) in [6.45, 7) is 3.30. The van der Waals surface area contributed by atoms with Crippen molar-refractivity contribution in [3.05, 3.63) is 22.9 Å². The number of likely N-dealkylation sites (N-methyl/N-ethyl adjacent to an activating group) is 1. The van der Waals surface area contributed by atoms with Gasteiger partial charge < -0.3 is 21.4 Å². The summed E-state index contributed by atoms with van der Waals surface area (Å²) in [5, 5.41) is 25.0. The SMILES string of the molecule is CN1CCN(C/C(C=[N-])=C/[NH-])CC1CO.CO.[Y]. The van der Waals surface area contributed by atoms with Gasteiger partial charge in [0.25, 0.3) is 0 Å². The second-order valence-corrected chi connectivity index (χ2v) is 3.90. The molecule has 1 heterocycles. The fourth-order valence-electron chi connectivity index (χ4n) is 1.73. The minimum Gasteiger partial charge on any atom is -0.810 e. The van der Waals surface area contributed by atoms with E-state index in [9.17, 15) is 0 Å². The molecule has 0 aromatic heterocycles. The summed E-state index contributed by atoms with van der Waals surface area (Å²) < 4.78 is 0. The number of rotatable bonds is 4. The van der Waals surface area contributed by atoms with Crippen LogP contribution in [0.25, 0.3) is 11.1 Å². The first-order valence-corrected chi connectivity index (χ1v) is 5.53. The Morgan fingerprint density at radius 3 is 2.50 bits per heavy atom. The second kappa shape index (κ2) is 12.2. The molecule has 1 rings (SSSR count). The van der Waals surface area contributed by atoms with Gasteiger partial charge in [0.15, 0.2) is 0 Å². The van der Waals surface area contributed by atoms with Crippen molar-refractivity contribution in [2.45, 2.75) is 6.04 Å². The topological polar surface area (TPSA) is 93.0 Å². The van der Waals surface area contributed by atoms with E-state index < -0.39 is 0 Å². The first-order chi connectivity index (χ1) is 8.21. The van der Waals surface area contributed by atoms with E-state index >= 15 is 0 Å². The maximum atomic E-state index is 9.15. The minimum absolute atomic E-state index is 0. The van der Waals surface area contributed by atoms with E-state index in [-0.39, 0.29) is 45.4 Å². The van der Waals surface area contributed by atoms with Crippen molar-refractivity contribution in [2.24, 2.45) is 0 Å². The fourth-order valence-corrected chi connectivity index (χ4v) is 1.73. The first-order valence-electron chi connectivity index (χ1n) is 5.53. The molecule has 1 radical (unpaired) electrons. The van der Waals surface area contributed by atoms with Crippen LogP contribution in [0.5, 0.6) is 0 Å². The average molecular weight is 331 g/mol. The molecule has 7 heteroatoms. The Balaban J connectivity index is 0. The number of aliphatic hydroxyl groups is 2. The third-order valence-electron chi connectivity index (χ3n) is 2.83. The number of aliphatic hydroxyl groups excluding tert-OH is 2. The zero-order valence-electron chi connectivity index (χ0n) is 11.1. The van der Waals surface area contributed by atoms with Gasteiger partial charge >= 0.3 is 0 Å². The van der Waals surface area contributed by atoms with E-state index in [4.69, 9.17) is 21.4 Å². The molecule has 0 aromatic carbocycles. The Bertz CT molecular complexity index is 251. The molecule has 1 aliphatic heterocycles. The van der Waals surface area contributed by atoms with Crippen LogP contribution in [0.3, 0.4) is 0 Å². The molecule has 0 aromatic rings. The molecular formula is C11H22N4O2Y-2. The molecule has 1 saturated heterocycles. The van der Waals surface area contributed by atoms with E-state index in [2.05, 4.69) is 9.80 Å². The monoisotopic (exact) mass is 331 g/mol. The molecule has 1 aliphatic rings. The van der Waals surface area contributed by atoms with Gasteiger partial charge in [0.05, 0.1) is 6.61 Å². The molecule has 1 unspecified atom stereocenters. The standard InChI is InChI=1S/C10H18N4O.CH4O.Y/c1-13-2-3-14(7-10(13)8-15)6-9(4-11)5-12;1-2;/h4-5,10-11,15H,2-3,6-8H2,1H3;2H,1H3;/q-2;;/b9-4+;;. The Morgan fingerprint density at radius 1 is 1.44 bits per heavy atom. The maximum Gasteiger partial charge on any atom is 0.0599 e. The normalized spacial score (nSPS) is 21.6. The number of hydrogen-bond donors (Lipinski definition) is 2. The van der Waals surface area contributed by atoms with Gasteiger partial charge in [-0.05, 0) is 7.05 Å². The van der Waals surface area contributed by atoms with Crippen molar-refractivity contribution in [2.75, 3.05) is 46.9 Å². The largest absolute Gasteiger partial charge is 0.810 e. The molecule has 18 heavy (non-hydrogen) atoms. The molecule has 0 spiro atoms. The molecule has 0 bridgehead atoms. The molecule has 1 atom stereocenters. The van der Waals surface area contributed by atoms with Crippen LogP contribution >= 0.6 is 0 Å². The predicted molar refractivity (Wildman–Crippen MR) is 69.9 cm³/mol. The van der Waals surface area contributed by atoms with Gasteiger partial charge in [0.2, 0.25) is 0 Å². The summed E-state index contributed by atoms with van der Waals surface area (Å²) >= 11 is 0. The fraction of sp³-hybridized carbons (Fsp3) is 0.727. The summed E-state index contributed by atoms with van der Waals surface area (Å²) in [4.78, 5) is 4.26. The van der Waals surface area contributed by atoms with Crippen LogP contribution < -0.4 is 0 Å². The molecule has 6 nitrogen and oxygen atoms in total. The minimum atomic E-state index is 0. The third-order valence-corrected chi connectivity index (χ3v) is 2.83. The average Bonchev–Trinajstić information content (AvgIpc) is 2.40. The van der Waals surface area contributed by atoms with Gasteiger partial charge in [-0.15, -0.1) is 0 Å². The smallest absolute Gasteiger partial charge is 0.0599 e. The van der Waals surface area contributed by atoms with Crippen molar-refractivity contribution >= 4 is 6.21 Å². The van der Waals surface area contributed by atoms with Crippen molar-refractivity contribution in [3.8, 4) is 0 Å². The van der Waals surface area contributed by atoms with Crippen LogP contribution in [-0.2, 0) is 32.7 Å². The number of nitrogens with zero attached hydrogens (tertiary/aromatic N) is 3. The van der Waals surface area contributed by atoms with Crippen LogP contribution in [0, 0.1) is 0 Å². The van der Waals surface area contributed by atoms with Crippen LogP contribution in [0.2, 0.25) is 0 Å². The molecular weight excluding hydrogens is 309 g/mol. The van der Waals surface area contributed by atoms with Crippen LogP contribution in [0.1, 0.15) is 0 Å². The number of nitrogens with one attached hydrogen (secondary N) is 1. The van der Waals surface area contributed by atoms with Crippen LogP contribution in [-0.4, -0.2) is 79.2 Å². The summed E-state index contributed by atoms with van der Waals surface area (Å²) in [6, 6.07) is 0.157. The van der Waals surface area contributed by atoms with Crippen LogP contribution in [0.4, 0.5) is 0 Å². The Kier molecular flexibility index (Phi) is 13.9. The molecule has 0 amide bonds. The number of hydrogen-bond acceptors (Lipinski definition) is 4. The van der Waals surface area contributed by atoms with Gasteiger partial charge in [0, 0.05) is 72.0 Å². The Morgan fingerprint density at radius 2 is 2.06 bits per heavy atom. The summed E-state index contributed by atoms with van der Waals surface area (Å²) in [7, 11) is 3.00. The van der Waals surface area contributed by atoms with Gasteiger partial charge in [-0.3, -0.25) is 9.80 Å². The van der Waals surface area contributed by atoms with Gasteiger partial charge in [-0.2, -0.15) is 12.4 Å². The molecule has 0 saturated carbocycles. The number of piperazine rings is 1. The van der Waals surface area contributed by atoms with E-state index in [0.717, 1.165) is 39.2 Å². The quantitative estimate of drug-likeness (QED) is 0.697. The Labute approximate surface area is 134 Å². The van der Waals surface area contributed by atoms with E-state index in [1.54, 1.807) is 0 Å².